The number of aromatic nitrogens is 2. The summed E-state index contributed by atoms with van der Waals surface area (Å²) >= 11 is 0. The first kappa shape index (κ1) is 17.5. The molecule has 0 radical (unpaired) electrons. The lowest BCUT2D eigenvalue weighted by atomic mass is 9.93. The predicted molar refractivity (Wildman–Crippen MR) is 96.5 cm³/mol. The third-order valence-corrected chi connectivity index (χ3v) is 4.54. The number of ether oxygens (including phenoxy) is 1. The molecule has 134 valence electrons. The molecule has 0 saturated carbocycles. The molecule has 2 N–H and O–H groups in total. The van der Waals surface area contributed by atoms with Gasteiger partial charge in [0.2, 0.25) is 0 Å². The molecule has 2 unspecified atom stereocenters. The van der Waals surface area contributed by atoms with Crippen LogP contribution in [-0.4, -0.2) is 35.6 Å². The van der Waals surface area contributed by atoms with Gasteiger partial charge in [0.15, 0.2) is 0 Å². The molecule has 1 aromatic heterocycles. The third-order valence-electron chi connectivity index (χ3n) is 4.54. The Bertz CT molecular complexity index is 699. The van der Waals surface area contributed by atoms with Gasteiger partial charge in [0, 0.05) is 18.4 Å². The summed E-state index contributed by atoms with van der Waals surface area (Å²) in [6.45, 7) is 3.19. The molecule has 25 heavy (non-hydrogen) atoms. The van der Waals surface area contributed by atoms with E-state index in [9.17, 15) is 4.79 Å². The monoisotopic (exact) mass is 342 g/mol. The molecule has 3 rings (SSSR count). The largest absolute Gasteiger partial charge is 0.383 e. The number of carbonyl (C=O) groups excluding carboxylic acids is 1. The van der Waals surface area contributed by atoms with Gasteiger partial charge in [0.25, 0.3) is 0 Å². The number of rotatable bonds is 6. The van der Waals surface area contributed by atoms with E-state index in [4.69, 9.17) is 4.74 Å². The molecule has 0 fully saturated rings. The van der Waals surface area contributed by atoms with Gasteiger partial charge in [-0.05, 0) is 31.7 Å². The highest BCUT2D eigenvalue weighted by Gasteiger charge is 2.25. The number of hydrogen-bond donors (Lipinski definition) is 2. The van der Waals surface area contributed by atoms with Crippen molar-refractivity contribution in [2.24, 2.45) is 0 Å². The van der Waals surface area contributed by atoms with E-state index in [0.29, 0.717) is 6.61 Å². The van der Waals surface area contributed by atoms with Crippen molar-refractivity contribution >= 4 is 6.03 Å². The summed E-state index contributed by atoms with van der Waals surface area (Å²) in [5, 5.41) is 10.6. The van der Waals surface area contributed by atoms with Crippen molar-refractivity contribution in [2.45, 2.75) is 44.8 Å². The van der Waals surface area contributed by atoms with Gasteiger partial charge < -0.3 is 15.4 Å². The van der Waals surface area contributed by atoms with Gasteiger partial charge >= 0.3 is 6.03 Å². The lowest BCUT2D eigenvalue weighted by molar-refractivity contribution is 0.170. The highest BCUT2D eigenvalue weighted by molar-refractivity contribution is 5.74. The Labute approximate surface area is 148 Å². The highest BCUT2D eigenvalue weighted by atomic mass is 16.5. The van der Waals surface area contributed by atoms with Crippen LogP contribution in [0.5, 0.6) is 0 Å². The fraction of sp³-hybridized carbons (Fsp3) is 0.474. The molecule has 1 heterocycles. The standard InChI is InChI=1S/C19H26N4O2/c1-14(13-25-2)21-19(24)22-17-9-6-10-18-16(17)11-20-23(18)12-15-7-4-3-5-8-15/h3-5,7-8,11,14,17H,6,9-10,12-13H2,1-2H3,(H2,21,22,24). The zero-order chi connectivity index (χ0) is 17.6. The molecule has 1 aliphatic carbocycles. The number of hydrogen-bond acceptors (Lipinski definition) is 3. The molecule has 1 aliphatic rings. The molecule has 2 amide bonds. The van der Waals surface area contributed by atoms with Crippen LogP contribution in [0, 0.1) is 0 Å². The van der Waals surface area contributed by atoms with Gasteiger partial charge in [0.1, 0.15) is 0 Å². The Balaban J connectivity index is 1.67. The number of fused-ring (bicyclic) bond motifs is 1. The Morgan fingerprint density at radius 3 is 2.96 bits per heavy atom. The maximum absolute atomic E-state index is 12.2. The second-order valence-corrected chi connectivity index (χ2v) is 6.61. The van der Waals surface area contributed by atoms with Crippen molar-refractivity contribution in [3.8, 4) is 0 Å². The van der Waals surface area contributed by atoms with Crippen molar-refractivity contribution in [2.75, 3.05) is 13.7 Å². The molecule has 6 nitrogen and oxygen atoms in total. The van der Waals surface area contributed by atoms with E-state index in [2.05, 4.69) is 32.5 Å². The van der Waals surface area contributed by atoms with Crippen LogP contribution in [0.2, 0.25) is 0 Å². The summed E-state index contributed by atoms with van der Waals surface area (Å²) < 4.78 is 7.11. The Morgan fingerprint density at radius 1 is 1.40 bits per heavy atom. The molecule has 6 heteroatoms. The summed E-state index contributed by atoms with van der Waals surface area (Å²) in [4.78, 5) is 12.2. The van der Waals surface area contributed by atoms with Gasteiger partial charge in [0.05, 0.1) is 31.4 Å². The van der Waals surface area contributed by atoms with Crippen LogP contribution in [0.15, 0.2) is 36.5 Å². The van der Waals surface area contributed by atoms with E-state index in [1.165, 1.54) is 11.3 Å². The van der Waals surface area contributed by atoms with E-state index in [0.717, 1.165) is 31.4 Å². The first-order valence-corrected chi connectivity index (χ1v) is 8.82. The number of nitrogens with zero attached hydrogens (tertiary/aromatic N) is 2. The zero-order valence-corrected chi connectivity index (χ0v) is 14.9. The van der Waals surface area contributed by atoms with Crippen LogP contribution in [0.25, 0.3) is 0 Å². The predicted octanol–water partition coefficient (Wildman–Crippen LogP) is 2.64. The van der Waals surface area contributed by atoms with Gasteiger partial charge in [-0.2, -0.15) is 5.10 Å². The average molecular weight is 342 g/mol. The first-order valence-electron chi connectivity index (χ1n) is 8.82. The summed E-state index contributed by atoms with van der Waals surface area (Å²) in [5.74, 6) is 0. The van der Waals surface area contributed by atoms with Crippen molar-refractivity contribution in [1.29, 1.82) is 0 Å². The molecular formula is C19H26N4O2. The zero-order valence-electron chi connectivity index (χ0n) is 14.9. The minimum absolute atomic E-state index is 0.0167. The highest BCUT2D eigenvalue weighted by Crippen LogP contribution is 2.29. The second-order valence-electron chi connectivity index (χ2n) is 6.61. The summed E-state index contributed by atoms with van der Waals surface area (Å²) in [7, 11) is 1.63. The molecule has 0 spiro atoms. The van der Waals surface area contributed by atoms with E-state index < -0.39 is 0 Å². The molecular weight excluding hydrogens is 316 g/mol. The van der Waals surface area contributed by atoms with Crippen LogP contribution >= 0.6 is 0 Å². The molecule has 0 bridgehead atoms. The third kappa shape index (κ3) is 4.39. The minimum atomic E-state index is -0.154. The van der Waals surface area contributed by atoms with Crippen LogP contribution in [-0.2, 0) is 17.7 Å². The normalized spacial score (nSPS) is 17.6. The smallest absolute Gasteiger partial charge is 0.315 e. The average Bonchev–Trinajstić information content (AvgIpc) is 3.00. The summed E-state index contributed by atoms with van der Waals surface area (Å²) in [6, 6.07) is 10.2. The van der Waals surface area contributed by atoms with Crippen LogP contribution in [0.3, 0.4) is 0 Å². The van der Waals surface area contributed by atoms with Crippen molar-refractivity contribution in [1.82, 2.24) is 20.4 Å². The number of amides is 2. The second kappa shape index (κ2) is 8.16. The summed E-state index contributed by atoms with van der Waals surface area (Å²) in [5.41, 5.74) is 3.59. The molecule has 2 aromatic rings. The van der Waals surface area contributed by atoms with Gasteiger partial charge in [-0.1, -0.05) is 30.3 Å². The first-order chi connectivity index (χ1) is 12.2. The molecule has 1 aromatic carbocycles. The van der Waals surface area contributed by atoms with Gasteiger partial charge in [-0.3, -0.25) is 4.68 Å². The van der Waals surface area contributed by atoms with E-state index in [-0.39, 0.29) is 18.1 Å². The van der Waals surface area contributed by atoms with Crippen molar-refractivity contribution in [3.63, 3.8) is 0 Å². The molecule has 0 saturated heterocycles. The molecule has 0 aliphatic heterocycles. The lowest BCUT2D eigenvalue weighted by Gasteiger charge is -2.25. The number of nitrogens with one attached hydrogen (secondary N) is 2. The van der Waals surface area contributed by atoms with E-state index >= 15 is 0 Å². The van der Waals surface area contributed by atoms with E-state index in [1.807, 2.05) is 31.3 Å². The lowest BCUT2D eigenvalue weighted by Crippen LogP contribution is -2.44. The van der Waals surface area contributed by atoms with E-state index in [1.54, 1.807) is 7.11 Å². The number of urea groups is 1. The minimum Gasteiger partial charge on any atom is -0.383 e. The van der Waals surface area contributed by atoms with Gasteiger partial charge in [-0.15, -0.1) is 0 Å². The van der Waals surface area contributed by atoms with Crippen molar-refractivity contribution in [3.05, 3.63) is 53.3 Å². The topological polar surface area (TPSA) is 68.2 Å². The van der Waals surface area contributed by atoms with Gasteiger partial charge in [-0.25, -0.2) is 4.79 Å². The van der Waals surface area contributed by atoms with Crippen LogP contribution in [0.1, 0.15) is 42.6 Å². The maximum Gasteiger partial charge on any atom is 0.315 e. The Morgan fingerprint density at radius 2 is 2.20 bits per heavy atom. The van der Waals surface area contributed by atoms with Crippen molar-refractivity contribution < 1.29 is 9.53 Å². The number of methoxy groups -OCH3 is 1. The van der Waals surface area contributed by atoms with Crippen LogP contribution in [0.4, 0.5) is 4.79 Å². The number of benzene rings is 1. The SMILES string of the molecule is COCC(C)NC(=O)NC1CCCc2c1cnn2Cc1ccccc1. The quantitative estimate of drug-likeness (QED) is 0.848. The fourth-order valence-corrected chi connectivity index (χ4v) is 3.38. The summed E-state index contributed by atoms with van der Waals surface area (Å²) in [6.07, 6.45) is 4.89. The fourth-order valence-electron chi connectivity index (χ4n) is 3.38. The Kier molecular flexibility index (Phi) is 5.71. The molecule has 2 atom stereocenters. The number of carbonyl (C=O) groups is 1. The maximum atomic E-state index is 12.2. The van der Waals surface area contributed by atoms with Crippen LogP contribution < -0.4 is 10.6 Å². The Hall–Kier alpha value is -2.34.